The molecule has 0 radical (unpaired) electrons. The van der Waals surface area contributed by atoms with Crippen LogP contribution in [-0.4, -0.2) is 35.4 Å². The standard InChI is InChI=1S/C23H20ClN3O2S/c1-15(14-30(2,28)29)19-12-17-7-4-8-25-21(17)20(13-19)16-5-3-6-18(11-16)22-23(24)27-10-9-26-22/h3-13,15H,14H2,1-2H3. The van der Waals surface area contributed by atoms with Crippen molar-refractivity contribution in [2.75, 3.05) is 12.0 Å². The Bertz CT molecular complexity index is 1340. The van der Waals surface area contributed by atoms with Crippen LogP contribution in [0.4, 0.5) is 0 Å². The van der Waals surface area contributed by atoms with E-state index < -0.39 is 9.84 Å². The highest BCUT2D eigenvalue weighted by molar-refractivity contribution is 7.90. The molecular formula is C23H20ClN3O2S. The van der Waals surface area contributed by atoms with E-state index >= 15 is 0 Å². The minimum absolute atomic E-state index is 0.0907. The second kappa shape index (κ2) is 8.13. The van der Waals surface area contributed by atoms with Crippen molar-refractivity contribution >= 4 is 32.3 Å². The summed E-state index contributed by atoms with van der Waals surface area (Å²) in [7, 11) is -3.10. The summed E-state index contributed by atoms with van der Waals surface area (Å²) in [5, 5.41) is 1.31. The zero-order chi connectivity index (χ0) is 21.3. The third kappa shape index (κ3) is 4.35. The topological polar surface area (TPSA) is 72.8 Å². The van der Waals surface area contributed by atoms with E-state index in [0.717, 1.165) is 33.2 Å². The van der Waals surface area contributed by atoms with Gasteiger partial charge in [0.25, 0.3) is 0 Å². The lowest BCUT2D eigenvalue weighted by Crippen LogP contribution is -2.10. The molecule has 2 aromatic carbocycles. The van der Waals surface area contributed by atoms with E-state index in [-0.39, 0.29) is 11.7 Å². The maximum absolute atomic E-state index is 11.8. The number of hydrogen-bond donors (Lipinski definition) is 0. The first-order chi connectivity index (χ1) is 14.3. The van der Waals surface area contributed by atoms with E-state index in [1.54, 1.807) is 18.6 Å². The molecule has 30 heavy (non-hydrogen) atoms. The summed E-state index contributed by atoms with van der Waals surface area (Å²) < 4.78 is 23.7. The Hall–Kier alpha value is -2.83. The molecule has 0 amide bonds. The van der Waals surface area contributed by atoms with Crippen molar-refractivity contribution in [3.63, 3.8) is 0 Å². The van der Waals surface area contributed by atoms with E-state index in [0.29, 0.717) is 10.8 Å². The quantitative estimate of drug-likeness (QED) is 0.431. The molecule has 0 saturated heterocycles. The average molecular weight is 438 g/mol. The molecule has 0 bridgehead atoms. The van der Waals surface area contributed by atoms with Crippen molar-refractivity contribution in [2.45, 2.75) is 12.8 Å². The molecule has 5 nitrogen and oxygen atoms in total. The van der Waals surface area contributed by atoms with E-state index in [4.69, 9.17) is 11.6 Å². The number of aromatic nitrogens is 3. The van der Waals surface area contributed by atoms with Crippen molar-refractivity contribution < 1.29 is 8.42 Å². The summed E-state index contributed by atoms with van der Waals surface area (Å²) in [5.74, 6) is -0.0473. The SMILES string of the molecule is CC(CS(C)(=O)=O)c1cc(-c2cccc(-c3nccnc3Cl)c2)c2ncccc2c1. The number of pyridine rings is 1. The second-order valence-corrected chi connectivity index (χ2v) is 9.96. The molecule has 0 aliphatic carbocycles. The Kier molecular flexibility index (Phi) is 5.54. The summed E-state index contributed by atoms with van der Waals surface area (Å²) >= 11 is 6.24. The van der Waals surface area contributed by atoms with Gasteiger partial charge in [0.15, 0.2) is 5.15 Å². The van der Waals surface area contributed by atoms with Crippen molar-refractivity contribution in [1.82, 2.24) is 15.0 Å². The number of fused-ring (bicyclic) bond motifs is 1. The van der Waals surface area contributed by atoms with Crippen molar-refractivity contribution in [3.8, 4) is 22.4 Å². The zero-order valence-electron chi connectivity index (χ0n) is 16.6. The Balaban J connectivity index is 1.88. The molecule has 0 aliphatic rings. The van der Waals surface area contributed by atoms with Crippen molar-refractivity contribution in [2.24, 2.45) is 0 Å². The lowest BCUT2D eigenvalue weighted by atomic mass is 9.93. The number of nitrogens with zero attached hydrogens (tertiary/aromatic N) is 3. The molecular weight excluding hydrogens is 418 g/mol. The van der Waals surface area contributed by atoms with Gasteiger partial charge in [0, 0.05) is 41.4 Å². The highest BCUT2D eigenvalue weighted by Crippen LogP contribution is 2.34. The molecule has 0 N–H and O–H groups in total. The van der Waals surface area contributed by atoms with Crippen LogP contribution >= 0.6 is 11.6 Å². The van der Waals surface area contributed by atoms with E-state index in [1.165, 1.54) is 6.26 Å². The summed E-state index contributed by atoms with van der Waals surface area (Å²) in [6, 6.07) is 15.8. The summed E-state index contributed by atoms with van der Waals surface area (Å²) in [4.78, 5) is 13.0. The average Bonchev–Trinajstić information content (AvgIpc) is 2.72. The van der Waals surface area contributed by atoms with Gasteiger partial charge in [-0.3, -0.25) is 9.97 Å². The van der Waals surface area contributed by atoms with Gasteiger partial charge in [-0.05, 0) is 41.3 Å². The Morgan fingerprint density at radius 1 is 0.933 bits per heavy atom. The first-order valence-corrected chi connectivity index (χ1v) is 11.9. The maximum Gasteiger partial charge on any atom is 0.155 e. The van der Waals surface area contributed by atoms with Crippen LogP contribution < -0.4 is 0 Å². The molecule has 0 fully saturated rings. The molecule has 152 valence electrons. The Morgan fingerprint density at radius 2 is 1.70 bits per heavy atom. The number of halogens is 1. The van der Waals surface area contributed by atoms with Crippen molar-refractivity contribution in [3.05, 3.63) is 77.8 Å². The lowest BCUT2D eigenvalue weighted by molar-refractivity contribution is 0.596. The van der Waals surface area contributed by atoms with E-state index in [9.17, 15) is 8.42 Å². The number of rotatable bonds is 5. The highest BCUT2D eigenvalue weighted by atomic mass is 35.5. The van der Waals surface area contributed by atoms with Crippen molar-refractivity contribution in [1.29, 1.82) is 0 Å². The summed E-state index contributed by atoms with van der Waals surface area (Å²) in [6.07, 6.45) is 6.19. The fraction of sp³-hybridized carbons (Fsp3) is 0.174. The predicted octanol–water partition coefficient (Wildman–Crippen LogP) is 5.16. The third-order valence-electron chi connectivity index (χ3n) is 4.95. The number of sulfone groups is 1. The predicted molar refractivity (Wildman–Crippen MR) is 121 cm³/mol. The van der Waals surface area contributed by atoms with Gasteiger partial charge in [0.05, 0.1) is 11.3 Å². The van der Waals surface area contributed by atoms with E-state index in [1.807, 2.05) is 55.5 Å². The Labute approximate surface area is 180 Å². The Morgan fingerprint density at radius 3 is 2.47 bits per heavy atom. The lowest BCUT2D eigenvalue weighted by Gasteiger charge is -2.15. The van der Waals surface area contributed by atoms with Crippen LogP contribution in [0.25, 0.3) is 33.3 Å². The first kappa shape index (κ1) is 20.4. The van der Waals surface area contributed by atoms with Crippen LogP contribution in [0.2, 0.25) is 5.15 Å². The molecule has 2 aromatic heterocycles. The van der Waals surface area contributed by atoms with Gasteiger partial charge in [-0.2, -0.15) is 0 Å². The van der Waals surface area contributed by atoms with Crippen LogP contribution in [0.5, 0.6) is 0 Å². The summed E-state index contributed by atoms with van der Waals surface area (Å²) in [5.41, 5.74) is 5.16. The zero-order valence-corrected chi connectivity index (χ0v) is 18.2. The van der Waals surface area contributed by atoms with Crippen LogP contribution in [0, 0.1) is 0 Å². The first-order valence-electron chi connectivity index (χ1n) is 9.45. The summed E-state index contributed by atoms with van der Waals surface area (Å²) in [6.45, 7) is 1.93. The molecule has 2 heterocycles. The molecule has 0 saturated carbocycles. The van der Waals surface area contributed by atoms with Gasteiger partial charge in [0.1, 0.15) is 15.5 Å². The largest absolute Gasteiger partial charge is 0.256 e. The fourth-order valence-electron chi connectivity index (χ4n) is 3.62. The maximum atomic E-state index is 11.8. The molecule has 7 heteroatoms. The monoisotopic (exact) mass is 437 g/mol. The molecule has 4 aromatic rings. The highest BCUT2D eigenvalue weighted by Gasteiger charge is 2.17. The normalized spacial score (nSPS) is 12.8. The third-order valence-corrected chi connectivity index (χ3v) is 6.33. The van der Waals surface area contributed by atoms with Crippen LogP contribution in [0.3, 0.4) is 0 Å². The van der Waals surface area contributed by atoms with Crippen LogP contribution in [-0.2, 0) is 9.84 Å². The minimum atomic E-state index is -3.10. The van der Waals surface area contributed by atoms with Gasteiger partial charge < -0.3 is 0 Å². The smallest absolute Gasteiger partial charge is 0.155 e. The number of hydrogen-bond acceptors (Lipinski definition) is 5. The second-order valence-electron chi connectivity index (χ2n) is 7.41. The molecule has 1 unspecified atom stereocenters. The number of benzene rings is 2. The molecule has 0 aliphatic heterocycles. The molecule has 0 spiro atoms. The minimum Gasteiger partial charge on any atom is -0.256 e. The van der Waals surface area contributed by atoms with E-state index in [2.05, 4.69) is 15.0 Å². The van der Waals surface area contributed by atoms with Gasteiger partial charge in [-0.25, -0.2) is 13.4 Å². The van der Waals surface area contributed by atoms with Crippen LogP contribution in [0.15, 0.2) is 67.1 Å². The van der Waals surface area contributed by atoms with Gasteiger partial charge in [0.2, 0.25) is 0 Å². The molecule has 1 atom stereocenters. The van der Waals surface area contributed by atoms with Gasteiger partial charge in [-0.1, -0.05) is 42.8 Å². The van der Waals surface area contributed by atoms with Crippen LogP contribution in [0.1, 0.15) is 18.4 Å². The van der Waals surface area contributed by atoms with Gasteiger partial charge >= 0.3 is 0 Å². The fourth-order valence-corrected chi connectivity index (χ4v) is 4.93. The molecule has 4 rings (SSSR count). The van der Waals surface area contributed by atoms with Gasteiger partial charge in [-0.15, -0.1) is 0 Å².